The molecule has 0 aromatic carbocycles. The van der Waals surface area contributed by atoms with E-state index in [0.29, 0.717) is 5.92 Å². The monoisotopic (exact) mass is 277 g/mol. The van der Waals surface area contributed by atoms with Crippen molar-refractivity contribution in [3.63, 3.8) is 0 Å². The van der Waals surface area contributed by atoms with E-state index < -0.39 is 0 Å². The van der Waals surface area contributed by atoms with Crippen LogP contribution >= 0.6 is 0 Å². The molecule has 1 N–H and O–H groups in total. The van der Waals surface area contributed by atoms with E-state index >= 15 is 0 Å². The molecular formula is C17H31N3. The van der Waals surface area contributed by atoms with Crippen molar-refractivity contribution in [3.05, 3.63) is 0 Å². The van der Waals surface area contributed by atoms with E-state index in [1.807, 2.05) is 0 Å². The molecule has 0 radical (unpaired) electrons. The average molecular weight is 277 g/mol. The minimum atomic E-state index is -0.222. The lowest BCUT2D eigenvalue weighted by Crippen LogP contribution is -2.48. The van der Waals surface area contributed by atoms with Crippen molar-refractivity contribution in [3.8, 4) is 6.07 Å². The normalized spacial score (nSPS) is 34.5. The average Bonchev–Trinajstić information content (AvgIpc) is 3.10. The lowest BCUT2D eigenvalue weighted by atomic mass is 9.85. The summed E-state index contributed by atoms with van der Waals surface area (Å²) in [5.74, 6) is 1.47. The number of nitriles is 1. The summed E-state index contributed by atoms with van der Waals surface area (Å²) in [6, 6.07) is 2.63. The fourth-order valence-electron chi connectivity index (χ4n) is 4.02. The van der Waals surface area contributed by atoms with Crippen LogP contribution in [-0.4, -0.2) is 36.6 Å². The molecule has 2 rings (SSSR count). The molecule has 0 amide bonds. The van der Waals surface area contributed by atoms with Crippen LogP contribution in [0, 0.1) is 23.2 Å². The van der Waals surface area contributed by atoms with Crippen LogP contribution in [-0.2, 0) is 0 Å². The zero-order chi connectivity index (χ0) is 14.4. The molecular weight excluding hydrogens is 246 g/mol. The Morgan fingerprint density at radius 2 is 2.20 bits per heavy atom. The largest absolute Gasteiger partial charge is 0.303 e. The molecule has 1 saturated carbocycles. The Morgan fingerprint density at radius 3 is 2.85 bits per heavy atom. The van der Waals surface area contributed by atoms with Gasteiger partial charge in [0, 0.05) is 6.54 Å². The highest BCUT2D eigenvalue weighted by molar-refractivity contribution is 5.14. The first kappa shape index (κ1) is 15.8. The Labute approximate surface area is 124 Å². The Morgan fingerprint density at radius 1 is 1.35 bits per heavy atom. The summed E-state index contributed by atoms with van der Waals surface area (Å²) >= 11 is 0. The first-order chi connectivity index (χ1) is 9.74. The van der Waals surface area contributed by atoms with Gasteiger partial charge in [-0.25, -0.2) is 0 Å². The van der Waals surface area contributed by atoms with Gasteiger partial charge in [0.15, 0.2) is 0 Å². The van der Waals surface area contributed by atoms with E-state index in [4.69, 9.17) is 0 Å². The molecule has 2 fully saturated rings. The molecule has 114 valence electrons. The lowest BCUT2D eigenvalue weighted by Gasteiger charge is -2.31. The predicted molar refractivity (Wildman–Crippen MR) is 83.4 cm³/mol. The van der Waals surface area contributed by atoms with Crippen LogP contribution in [0.2, 0.25) is 0 Å². The third-order valence-electron chi connectivity index (χ3n) is 5.45. The van der Waals surface area contributed by atoms with E-state index in [2.05, 4.69) is 30.1 Å². The number of hydrogen-bond donors (Lipinski definition) is 1. The minimum absolute atomic E-state index is 0.222. The molecule has 1 heterocycles. The second-order valence-electron chi connectivity index (χ2n) is 6.75. The van der Waals surface area contributed by atoms with Crippen LogP contribution in [0.25, 0.3) is 0 Å². The summed E-state index contributed by atoms with van der Waals surface area (Å²) in [4.78, 5) is 2.62. The van der Waals surface area contributed by atoms with Crippen molar-refractivity contribution in [2.75, 3.05) is 26.2 Å². The number of hydrogen-bond acceptors (Lipinski definition) is 3. The molecule has 2 aliphatic rings. The van der Waals surface area contributed by atoms with Gasteiger partial charge in [-0.2, -0.15) is 5.26 Å². The molecule has 3 unspecified atom stereocenters. The Kier molecular flexibility index (Phi) is 5.86. The Hall–Kier alpha value is -0.590. The fourth-order valence-corrected chi connectivity index (χ4v) is 4.02. The van der Waals surface area contributed by atoms with E-state index in [-0.39, 0.29) is 5.54 Å². The highest BCUT2D eigenvalue weighted by atomic mass is 15.1. The molecule has 3 atom stereocenters. The van der Waals surface area contributed by atoms with Crippen molar-refractivity contribution in [2.24, 2.45) is 11.8 Å². The van der Waals surface area contributed by atoms with Crippen LogP contribution in [0.3, 0.4) is 0 Å². The van der Waals surface area contributed by atoms with Gasteiger partial charge in [-0.3, -0.25) is 5.32 Å². The SMILES string of the molecule is CCCNC1(C#N)CCCC1CCN1CCC(CC)C1. The first-order valence-corrected chi connectivity index (χ1v) is 8.62. The smallest absolute Gasteiger partial charge is 0.109 e. The quantitative estimate of drug-likeness (QED) is 0.777. The Balaban J connectivity index is 1.83. The van der Waals surface area contributed by atoms with Gasteiger partial charge in [-0.15, -0.1) is 0 Å². The lowest BCUT2D eigenvalue weighted by molar-refractivity contribution is 0.245. The number of nitrogens with one attached hydrogen (secondary N) is 1. The summed E-state index contributed by atoms with van der Waals surface area (Å²) in [6.07, 6.45) is 8.49. The molecule has 3 heteroatoms. The standard InChI is InChI=1S/C17H31N3/c1-3-10-19-17(14-18)9-5-6-16(17)8-12-20-11-7-15(4-2)13-20/h15-16,19H,3-13H2,1-2H3. The van der Waals surface area contributed by atoms with Gasteiger partial charge >= 0.3 is 0 Å². The molecule has 1 saturated heterocycles. The summed E-state index contributed by atoms with van der Waals surface area (Å²) < 4.78 is 0. The van der Waals surface area contributed by atoms with Gasteiger partial charge in [0.25, 0.3) is 0 Å². The third kappa shape index (κ3) is 3.54. The zero-order valence-electron chi connectivity index (χ0n) is 13.3. The molecule has 0 bridgehead atoms. The molecule has 0 spiro atoms. The van der Waals surface area contributed by atoms with E-state index in [1.54, 1.807) is 0 Å². The third-order valence-corrected chi connectivity index (χ3v) is 5.45. The molecule has 1 aliphatic heterocycles. The van der Waals surface area contributed by atoms with E-state index in [0.717, 1.165) is 25.3 Å². The number of rotatable bonds is 7. The highest BCUT2D eigenvalue weighted by Crippen LogP contribution is 2.38. The van der Waals surface area contributed by atoms with Gasteiger partial charge in [-0.1, -0.05) is 26.7 Å². The first-order valence-electron chi connectivity index (χ1n) is 8.62. The second kappa shape index (κ2) is 7.43. The summed E-state index contributed by atoms with van der Waals surface area (Å²) in [6.45, 7) is 9.21. The van der Waals surface area contributed by atoms with Gasteiger partial charge < -0.3 is 4.90 Å². The minimum Gasteiger partial charge on any atom is -0.303 e. The van der Waals surface area contributed by atoms with Crippen molar-refractivity contribution in [1.82, 2.24) is 10.2 Å². The highest BCUT2D eigenvalue weighted by Gasteiger charge is 2.42. The summed E-state index contributed by atoms with van der Waals surface area (Å²) in [5.41, 5.74) is -0.222. The molecule has 3 nitrogen and oxygen atoms in total. The van der Waals surface area contributed by atoms with Crippen molar-refractivity contribution in [2.45, 2.75) is 64.3 Å². The predicted octanol–water partition coefficient (Wildman–Crippen LogP) is 3.17. The van der Waals surface area contributed by atoms with Gasteiger partial charge in [0.1, 0.15) is 5.54 Å². The van der Waals surface area contributed by atoms with Gasteiger partial charge in [0.2, 0.25) is 0 Å². The van der Waals surface area contributed by atoms with Gasteiger partial charge in [0.05, 0.1) is 6.07 Å². The fraction of sp³-hybridized carbons (Fsp3) is 0.941. The Bertz CT molecular complexity index is 336. The summed E-state index contributed by atoms with van der Waals surface area (Å²) in [5, 5.41) is 13.2. The maximum atomic E-state index is 9.66. The van der Waals surface area contributed by atoms with Gasteiger partial charge in [-0.05, 0) is 63.6 Å². The number of likely N-dealkylation sites (tertiary alicyclic amines) is 1. The molecule has 0 aromatic heterocycles. The van der Waals surface area contributed by atoms with Crippen LogP contribution in [0.5, 0.6) is 0 Å². The molecule has 0 aromatic rings. The van der Waals surface area contributed by atoms with Crippen LogP contribution in [0.1, 0.15) is 58.8 Å². The summed E-state index contributed by atoms with van der Waals surface area (Å²) in [7, 11) is 0. The maximum absolute atomic E-state index is 9.66. The van der Waals surface area contributed by atoms with Crippen molar-refractivity contribution in [1.29, 1.82) is 5.26 Å². The van der Waals surface area contributed by atoms with Crippen LogP contribution in [0.15, 0.2) is 0 Å². The van der Waals surface area contributed by atoms with Crippen molar-refractivity contribution < 1.29 is 0 Å². The number of nitrogens with zero attached hydrogens (tertiary/aromatic N) is 2. The molecule has 20 heavy (non-hydrogen) atoms. The zero-order valence-corrected chi connectivity index (χ0v) is 13.3. The topological polar surface area (TPSA) is 39.1 Å². The molecule has 1 aliphatic carbocycles. The van der Waals surface area contributed by atoms with E-state index in [9.17, 15) is 5.26 Å². The second-order valence-corrected chi connectivity index (χ2v) is 6.75. The van der Waals surface area contributed by atoms with E-state index in [1.165, 1.54) is 51.7 Å². The van der Waals surface area contributed by atoms with Crippen LogP contribution < -0.4 is 5.32 Å². The van der Waals surface area contributed by atoms with Crippen molar-refractivity contribution >= 4 is 0 Å². The van der Waals surface area contributed by atoms with Crippen LogP contribution in [0.4, 0.5) is 0 Å². The maximum Gasteiger partial charge on any atom is 0.109 e.